The average Bonchev–Trinajstić information content (AvgIpc) is 3.13. The van der Waals surface area contributed by atoms with Crippen LogP contribution in [-0.4, -0.2) is 26.0 Å². The van der Waals surface area contributed by atoms with Crippen molar-refractivity contribution in [3.63, 3.8) is 0 Å². The summed E-state index contributed by atoms with van der Waals surface area (Å²) < 4.78 is 32.0. The van der Waals surface area contributed by atoms with Crippen molar-refractivity contribution in [1.29, 1.82) is 0 Å². The predicted molar refractivity (Wildman–Crippen MR) is 79.7 cm³/mol. The molecule has 116 valence electrons. The molecule has 0 bridgehead atoms. The third-order valence-electron chi connectivity index (χ3n) is 3.75. The Morgan fingerprint density at radius 2 is 2.09 bits per heavy atom. The molecule has 7 heteroatoms. The molecule has 0 saturated heterocycles. The summed E-state index contributed by atoms with van der Waals surface area (Å²) in [5, 5.41) is 9.09. The third kappa shape index (κ3) is 2.18. The summed E-state index contributed by atoms with van der Waals surface area (Å²) in [5.74, 6) is -0.459. The number of nitrogens with zero attached hydrogens (tertiary/aromatic N) is 1. The number of furan rings is 1. The van der Waals surface area contributed by atoms with E-state index in [2.05, 4.69) is 0 Å². The van der Waals surface area contributed by atoms with Gasteiger partial charge in [0.1, 0.15) is 5.76 Å². The maximum Gasteiger partial charge on any atom is 0.336 e. The number of carbonyl (C=O) groups is 1. The molecule has 0 amide bonds. The number of aromatic carboxylic acids is 1. The number of hydrogen-bond donors (Lipinski definition) is 1. The lowest BCUT2D eigenvalue weighted by Gasteiger charge is -2.18. The van der Waals surface area contributed by atoms with Crippen molar-refractivity contribution in [2.75, 3.05) is 10.8 Å². The number of aryl methyl sites for hydroxylation is 1. The second kappa shape index (κ2) is 5.17. The third-order valence-corrected chi connectivity index (χ3v) is 5.43. The van der Waals surface area contributed by atoms with Gasteiger partial charge in [0, 0.05) is 13.0 Å². The molecule has 1 aromatic heterocycles. The molecule has 1 aromatic carbocycles. The zero-order chi connectivity index (χ0) is 15.9. The first-order chi connectivity index (χ1) is 10.4. The Bertz CT molecular complexity index is 837. The van der Waals surface area contributed by atoms with E-state index in [1.807, 2.05) is 6.92 Å². The second-order valence-corrected chi connectivity index (χ2v) is 6.80. The normalized spacial score (nSPS) is 14.1. The summed E-state index contributed by atoms with van der Waals surface area (Å²) in [5.41, 5.74) is 1.10. The van der Waals surface area contributed by atoms with E-state index in [-0.39, 0.29) is 17.2 Å². The van der Waals surface area contributed by atoms with Crippen LogP contribution in [-0.2, 0) is 22.9 Å². The first-order valence-electron chi connectivity index (χ1n) is 6.91. The molecule has 1 aliphatic rings. The van der Waals surface area contributed by atoms with Crippen LogP contribution < -0.4 is 4.31 Å². The average molecular weight is 321 g/mol. The fraction of sp³-hybridized carbons (Fsp3) is 0.267. The number of benzene rings is 1. The Kier molecular flexibility index (Phi) is 3.44. The Morgan fingerprint density at radius 1 is 1.32 bits per heavy atom. The Balaban J connectivity index is 2.06. The van der Waals surface area contributed by atoms with Gasteiger partial charge in [0.25, 0.3) is 10.0 Å². The number of rotatable bonds is 4. The van der Waals surface area contributed by atoms with Crippen LogP contribution in [0.2, 0.25) is 0 Å². The zero-order valence-electron chi connectivity index (χ0n) is 11.9. The number of hydrogen-bond acceptors (Lipinski definition) is 4. The van der Waals surface area contributed by atoms with Crippen LogP contribution in [0.1, 0.15) is 28.6 Å². The predicted octanol–water partition coefficient (Wildman–Crippen LogP) is 2.29. The maximum absolute atomic E-state index is 12.7. The number of anilines is 1. The highest BCUT2D eigenvalue weighted by atomic mass is 32.2. The molecule has 0 spiro atoms. The minimum Gasteiger partial charge on any atom is -0.478 e. The minimum atomic E-state index is -3.81. The highest BCUT2D eigenvalue weighted by molar-refractivity contribution is 7.92. The first-order valence-corrected chi connectivity index (χ1v) is 8.35. The van der Waals surface area contributed by atoms with Gasteiger partial charge in [-0.25, -0.2) is 4.79 Å². The van der Waals surface area contributed by atoms with Gasteiger partial charge in [-0.3, -0.25) is 4.31 Å². The van der Waals surface area contributed by atoms with Crippen LogP contribution in [0.25, 0.3) is 0 Å². The number of carboxylic acid groups (broad SMARTS) is 1. The Hall–Kier alpha value is -2.28. The van der Waals surface area contributed by atoms with Crippen LogP contribution in [0.5, 0.6) is 0 Å². The van der Waals surface area contributed by atoms with E-state index in [1.165, 1.54) is 16.4 Å². The van der Waals surface area contributed by atoms with Gasteiger partial charge < -0.3 is 9.52 Å². The first kappa shape index (κ1) is 14.6. The molecule has 22 heavy (non-hydrogen) atoms. The van der Waals surface area contributed by atoms with Crippen LogP contribution in [0.15, 0.2) is 39.8 Å². The molecule has 1 aliphatic heterocycles. The van der Waals surface area contributed by atoms with Gasteiger partial charge >= 0.3 is 5.97 Å². The largest absolute Gasteiger partial charge is 0.478 e. The highest BCUT2D eigenvalue weighted by Crippen LogP contribution is 2.35. The van der Waals surface area contributed by atoms with Crippen LogP contribution in [0.4, 0.5) is 5.69 Å². The topological polar surface area (TPSA) is 87.8 Å². The van der Waals surface area contributed by atoms with E-state index >= 15 is 0 Å². The van der Waals surface area contributed by atoms with Crippen molar-refractivity contribution < 1.29 is 22.7 Å². The zero-order valence-corrected chi connectivity index (χ0v) is 12.8. The standard InChI is InChI=1S/C15H15NO5S/c1-2-10-6-7-14(21-10)22(19,20)16-9-8-11-12(15(17)18)4-3-5-13(11)16/h3-7H,2,8-9H2,1H3,(H,17,18). The number of carboxylic acids is 1. The summed E-state index contributed by atoms with van der Waals surface area (Å²) in [6, 6.07) is 7.73. The van der Waals surface area contributed by atoms with Gasteiger partial charge in [-0.15, -0.1) is 0 Å². The molecule has 6 nitrogen and oxygen atoms in total. The Morgan fingerprint density at radius 3 is 2.73 bits per heavy atom. The van der Waals surface area contributed by atoms with Gasteiger partial charge in [0.2, 0.25) is 5.09 Å². The van der Waals surface area contributed by atoms with Gasteiger partial charge in [0.05, 0.1) is 11.3 Å². The van der Waals surface area contributed by atoms with E-state index in [0.29, 0.717) is 29.9 Å². The molecular formula is C15H15NO5S. The lowest BCUT2D eigenvalue weighted by molar-refractivity contribution is 0.0696. The monoisotopic (exact) mass is 321 g/mol. The molecule has 0 aliphatic carbocycles. The van der Waals surface area contributed by atoms with E-state index in [4.69, 9.17) is 4.42 Å². The van der Waals surface area contributed by atoms with Crippen LogP contribution in [0, 0.1) is 0 Å². The number of fused-ring (bicyclic) bond motifs is 1. The quantitative estimate of drug-likeness (QED) is 0.933. The van der Waals surface area contributed by atoms with Gasteiger partial charge in [0.15, 0.2) is 0 Å². The lowest BCUT2D eigenvalue weighted by Crippen LogP contribution is -2.28. The lowest BCUT2D eigenvalue weighted by atomic mass is 10.1. The fourth-order valence-electron chi connectivity index (χ4n) is 2.65. The molecule has 2 aromatic rings. The van der Waals surface area contributed by atoms with Crippen LogP contribution in [0.3, 0.4) is 0 Å². The Labute approximate surface area is 128 Å². The van der Waals surface area contributed by atoms with Crippen molar-refractivity contribution >= 4 is 21.7 Å². The van der Waals surface area contributed by atoms with Crippen molar-refractivity contribution in [2.45, 2.75) is 24.9 Å². The summed E-state index contributed by atoms with van der Waals surface area (Å²) in [6.07, 6.45) is 0.980. The summed E-state index contributed by atoms with van der Waals surface area (Å²) in [7, 11) is -3.81. The van der Waals surface area contributed by atoms with Gasteiger partial charge in [-0.05, 0) is 36.2 Å². The molecule has 1 N–H and O–H groups in total. The highest BCUT2D eigenvalue weighted by Gasteiger charge is 2.34. The molecule has 0 unspecified atom stereocenters. The summed E-state index contributed by atoms with van der Waals surface area (Å²) >= 11 is 0. The van der Waals surface area contributed by atoms with Crippen molar-refractivity contribution in [1.82, 2.24) is 0 Å². The molecule has 0 radical (unpaired) electrons. The smallest absolute Gasteiger partial charge is 0.336 e. The van der Waals surface area contributed by atoms with E-state index in [0.717, 1.165) is 0 Å². The van der Waals surface area contributed by atoms with Crippen LogP contribution >= 0.6 is 0 Å². The SMILES string of the molecule is CCc1ccc(S(=O)(=O)N2CCc3c(C(=O)O)cccc32)o1. The van der Waals surface area contributed by atoms with Gasteiger partial charge in [-0.1, -0.05) is 13.0 Å². The molecular weight excluding hydrogens is 306 g/mol. The molecule has 0 fully saturated rings. The summed E-state index contributed by atoms with van der Waals surface area (Å²) in [6.45, 7) is 2.09. The maximum atomic E-state index is 12.7. The van der Waals surface area contributed by atoms with E-state index in [9.17, 15) is 18.3 Å². The molecule has 0 saturated carbocycles. The molecule has 2 heterocycles. The summed E-state index contributed by atoms with van der Waals surface area (Å²) in [4.78, 5) is 11.2. The minimum absolute atomic E-state index is 0.113. The van der Waals surface area contributed by atoms with Gasteiger partial charge in [-0.2, -0.15) is 8.42 Å². The molecule has 3 rings (SSSR count). The van der Waals surface area contributed by atoms with Crippen molar-refractivity contribution in [2.24, 2.45) is 0 Å². The van der Waals surface area contributed by atoms with Crippen molar-refractivity contribution in [3.05, 3.63) is 47.2 Å². The van der Waals surface area contributed by atoms with E-state index < -0.39 is 16.0 Å². The number of sulfonamides is 1. The molecule has 0 atom stereocenters. The second-order valence-electron chi connectivity index (χ2n) is 5.01. The fourth-order valence-corrected chi connectivity index (χ4v) is 4.08. The van der Waals surface area contributed by atoms with E-state index in [1.54, 1.807) is 18.2 Å². The van der Waals surface area contributed by atoms with Crippen molar-refractivity contribution in [3.8, 4) is 0 Å².